The molecule has 0 saturated carbocycles. The van der Waals surface area contributed by atoms with Crippen molar-refractivity contribution in [3.05, 3.63) is 144 Å². The highest BCUT2D eigenvalue weighted by Gasteiger charge is 2.35. The predicted octanol–water partition coefficient (Wildman–Crippen LogP) is 11.4. The van der Waals surface area contributed by atoms with Crippen LogP contribution in [0.3, 0.4) is 0 Å². The van der Waals surface area contributed by atoms with Crippen LogP contribution < -0.4 is 4.74 Å². The standard InChI is InChI=1S/C43H30N2O/c1-25-44-36-17-10-18-38-42(36)45(25)37-22-20-27(24-39(37)46-38)41-32-14-6-4-12-30(32)40(31-13-5-7-15-33(31)41)26-19-21-29-28-11-8-9-16-34(28)43(2,3)35(29)23-26/h4-24H,1-3H3. The maximum Gasteiger partial charge on any atom is 0.153 e. The van der Waals surface area contributed by atoms with E-state index < -0.39 is 0 Å². The van der Waals surface area contributed by atoms with Gasteiger partial charge >= 0.3 is 0 Å². The summed E-state index contributed by atoms with van der Waals surface area (Å²) in [6.45, 7) is 6.77. The largest absolute Gasteiger partial charge is 0.453 e. The molecule has 46 heavy (non-hydrogen) atoms. The highest BCUT2D eigenvalue weighted by molar-refractivity contribution is 6.21. The van der Waals surface area contributed by atoms with Gasteiger partial charge in [-0.2, -0.15) is 0 Å². The number of hydrogen-bond acceptors (Lipinski definition) is 2. The number of imidazole rings is 1. The molecule has 218 valence electrons. The van der Waals surface area contributed by atoms with Gasteiger partial charge in [0.25, 0.3) is 0 Å². The van der Waals surface area contributed by atoms with Crippen molar-refractivity contribution >= 4 is 32.6 Å². The van der Waals surface area contributed by atoms with Gasteiger partial charge < -0.3 is 4.74 Å². The molecule has 0 amide bonds. The molecule has 0 unspecified atom stereocenters. The number of nitrogens with zero attached hydrogens (tertiary/aromatic N) is 2. The zero-order chi connectivity index (χ0) is 30.7. The summed E-state index contributed by atoms with van der Waals surface area (Å²) in [6.07, 6.45) is 0. The molecule has 8 aromatic rings. The summed E-state index contributed by atoms with van der Waals surface area (Å²) in [5.41, 5.74) is 13.3. The Hall–Kier alpha value is -5.67. The van der Waals surface area contributed by atoms with Gasteiger partial charge in [-0.15, -0.1) is 0 Å². The molecule has 0 spiro atoms. The molecule has 10 rings (SSSR count). The first kappa shape index (κ1) is 25.6. The lowest BCUT2D eigenvalue weighted by molar-refractivity contribution is 0.475. The summed E-state index contributed by atoms with van der Waals surface area (Å²) < 4.78 is 8.79. The summed E-state index contributed by atoms with van der Waals surface area (Å²) in [4.78, 5) is 4.81. The second kappa shape index (κ2) is 8.95. The third-order valence-electron chi connectivity index (χ3n) is 10.3. The maximum absolute atomic E-state index is 6.57. The van der Waals surface area contributed by atoms with E-state index in [4.69, 9.17) is 9.72 Å². The molecule has 0 fully saturated rings. The van der Waals surface area contributed by atoms with E-state index in [2.05, 4.69) is 135 Å². The van der Waals surface area contributed by atoms with Crippen LogP contribution in [-0.2, 0) is 5.41 Å². The Morgan fingerprint density at radius 2 is 1.17 bits per heavy atom. The minimum atomic E-state index is -0.0611. The third kappa shape index (κ3) is 3.29. The highest BCUT2D eigenvalue weighted by atomic mass is 16.5. The van der Waals surface area contributed by atoms with Crippen molar-refractivity contribution in [1.82, 2.24) is 9.55 Å². The second-order valence-corrected chi connectivity index (χ2v) is 13.2. The van der Waals surface area contributed by atoms with Crippen LogP contribution in [0, 0.1) is 6.92 Å². The van der Waals surface area contributed by atoms with Crippen LogP contribution in [0.15, 0.2) is 127 Å². The van der Waals surface area contributed by atoms with Gasteiger partial charge in [0.1, 0.15) is 11.3 Å². The lowest BCUT2D eigenvalue weighted by atomic mass is 9.80. The van der Waals surface area contributed by atoms with Crippen molar-refractivity contribution < 1.29 is 4.74 Å². The summed E-state index contributed by atoms with van der Waals surface area (Å²) in [7, 11) is 0. The molecular weight excluding hydrogens is 560 g/mol. The van der Waals surface area contributed by atoms with Gasteiger partial charge in [-0.05, 0) is 103 Å². The number of aromatic nitrogens is 2. The van der Waals surface area contributed by atoms with E-state index in [1.165, 1.54) is 60.5 Å². The second-order valence-electron chi connectivity index (χ2n) is 13.2. The van der Waals surface area contributed by atoms with Crippen molar-refractivity contribution in [1.29, 1.82) is 0 Å². The van der Waals surface area contributed by atoms with Crippen molar-refractivity contribution in [3.63, 3.8) is 0 Å². The van der Waals surface area contributed by atoms with Gasteiger partial charge in [-0.25, -0.2) is 4.98 Å². The molecule has 1 aromatic heterocycles. The zero-order valence-electron chi connectivity index (χ0n) is 25.9. The number of hydrogen-bond donors (Lipinski definition) is 0. The SMILES string of the molecule is Cc1nc2cccc3c2n1-c1ccc(-c2c4ccccc4c(-c4ccc5c(c4)C(C)(C)c4ccccc4-5)c4ccccc24)cc1O3. The summed E-state index contributed by atoms with van der Waals surface area (Å²) in [5, 5.41) is 4.97. The monoisotopic (exact) mass is 590 g/mol. The summed E-state index contributed by atoms with van der Waals surface area (Å²) in [5.74, 6) is 2.64. The molecule has 0 bridgehead atoms. The van der Waals surface area contributed by atoms with Crippen LogP contribution in [0.4, 0.5) is 0 Å². The molecule has 1 aliphatic heterocycles. The fourth-order valence-electron chi connectivity index (χ4n) is 8.25. The Morgan fingerprint density at radius 1 is 0.565 bits per heavy atom. The Labute approximate surface area is 267 Å². The van der Waals surface area contributed by atoms with Gasteiger partial charge in [0, 0.05) is 5.41 Å². The normalized spacial score (nSPS) is 13.9. The van der Waals surface area contributed by atoms with E-state index in [0.717, 1.165) is 39.6 Å². The smallest absolute Gasteiger partial charge is 0.153 e. The minimum absolute atomic E-state index is 0.0611. The van der Waals surface area contributed by atoms with E-state index in [1.807, 2.05) is 18.2 Å². The lowest BCUT2D eigenvalue weighted by Crippen LogP contribution is -2.14. The van der Waals surface area contributed by atoms with Crippen LogP contribution >= 0.6 is 0 Å². The van der Waals surface area contributed by atoms with Crippen molar-refractivity contribution in [3.8, 4) is 50.6 Å². The number of benzene rings is 7. The number of ether oxygens (including phenoxy) is 1. The van der Waals surface area contributed by atoms with Crippen LogP contribution in [-0.4, -0.2) is 9.55 Å². The third-order valence-corrected chi connectivity index (χ3v) is 10.3. The highest BCUT2D eigenvalue weighted by Crippen LogP contribution is 2.52. The number of aryl methyl sites for hydroxylation is 1. The molecule has 3 heteroatoms. The zero-order valence-corrected chi connectivity index (χ0v) is 25.9. The van der Waals surface area contributed by atoms with Gasteiger partial charge in [-0.1, -0.05) is 111 Å². The first-order valence-electron chi connectivity index (χ1n) is 16.0. The van der Waals surface area contributed by atoms with Crippen LogP contribution in [0.1, 0.15) is 30.8 Å². The number of rotatable bonds is 2. The molecule has 0 atom stereocenters. The van der Waals surface area contributed by atoms with Gasteiger partial charge in [0.15, 0.2) is 11.5 Å². The molecule has 1 aliphatic carbocycles. The lowest BCUT2D eigenvalue weighted by Gasteiger charge is -2.23. The predicted molar refractivity (Wildman–Crippen MR) is 189 cm³/mol. The first-order valence-corrected chi connectivity index (χ1v) is 16.0. The Bertz CT molecular complexity index is 2550. The van der Waals surface area contributed by atoms with E-state index >= 15 is 0 Å². The van der Waals surface area contributed by atoms with E-state index in [1.54, 1.807) is 0 Å². The molecule has 2 aliphatic rings. The average Bonchev–Trinajstić information content (AvgIpc) is 3.54. The summed E-state index contributed by atoms with van der Waals surface area (Å²) >= 11 is 0. The minimum Gasteiger partial charge on any atom is -0.453 e. The molecule has 7 aromatic carbocycles. The van der Waals surface area contributed by atoms with E-state index in [0.29, 0.717) is 0 Å². The number of fused-ring (bicyclic) bond motifs is 7. The molecule has 3 nitrogen and oxygen atoms in total. The molecule has 0 saturated heterocycles. The first-order chi connectivity index (χ1) is 22.5. The summed E-state index contributed by atoms with van der Waals surface area (Å²) in [6, 6.07) is 46.4. The van der Waals surface area contributed by atoms with Gasteiger partial charge in [-0.3, -0.25) is 4.57 Å². The molecule has 0 radical (unpaired) electrons. The Balaban J connectivity index is 1.22. The van der Waals surface area contributed by atoms with Gasteiger partial charge in [0.05, 0.1) is 11.2 Å². The fraction of sp³-hybridized carbons (Fsp3) is 0.0930. The molecule has 0 N–H and O–H groups in total. The van der Waals surface area contributed by atoms with Crippen LogP contribution in [0.2, 0.25) is 0 Å². The Morgan fingerprint density at radius 3 is 1.89 bits per heavy atom. The van der Waals surface area contributed by atoms with Crippen LogP contribution in [0.5, 0.6) is 11.5 Å². The Kier molecular flexibility index (Phi) is 4.99. The van der Waals surface area contributed by atoms with Crippen LogP contribution in [0.25, 0.3) is 71.6 Å². The maximum atomic E-state index is 6.57. The van der Waals surface area contributed by atoms with E-state index in [9.17, 15) is 0 Å². The van der Waals surface area contributed by atoms with Gasteiger partial charge in [0.2, 0.25) is 0 Å². The fourth-order valence-corrected chi connectivity index (χ4v) is 8.25. The quantitative estimate of drug-likeness (QED) is 0.187. The van der Waals surface area contributed by atoms with E-state index in [-0.39, 0.29) is 5.41 Å². The van der Waals surface area contributed by atoms with Crippen molar-refractivity contribution in [2.45, 2.75) is 26.2 Å². The van der Waals surface area contributed by atoms with Crippen molar-refractivity contribution in [2.75, 3.05) is 0 Å². The average molecular weight is 591 g/mol. The molecular formula is C43H30N2O. The molecule has 2 heterocycles. The topological polar surface area (TPSA) is 27.1 Å². The number of para-hydroxylation sites is 1. The van der Waals surface area contributed by atoms with Crippen molar-refractivity contribution in [2.24, 2.45) is 0 Å².